The largest absolute Gasteiger partial charge is 0.396 e. The molecule has 112 valence electrons. The summed E-state index contributed by atoms with van der Waals surface area (Å²) in [5.74, 6) is 1.33. The number of H-pyrrole nitrogens is 1. The van der Waals surface area contributed by atoms with Crippen molar-refractivity contribution in [1.82, 2.24) is 15.2 Å². The monoisotopic (exact) mass is 345 g/mol. The normalized spacial score (nSPS) is 16.7. The molecule has 21 heavy (non-hydrogen) atoms. The highest BCUT2D eigenvalue weighted by atomic mass is 35.5. The van der Waals surface area contributed by atoms with Gasteiger partial charge in [0.15, 0.2) is 5.82 Å². The van der Waals surface area contributed by atoms with Gasteiger partial charge in [0.05, 0.1) is 19.8 Å². The van der Waals surface area contributed by atoms with Crippen molar-refractivity contribution in [2.75, 3.05) is 25.6 Å². The first kappa shape index (κ1) is 15.1. The van der Waals surface area contributed by atoms with Crippen LogP contribution in [0.4, 0.5) is 0 Å². The van der Waals surface area contributed by atoms with Gasteiger partial charge in [0, 0.05) is 26.8 Å². The number of hydrogen-bond donors (Lipinski definition) is 2. The number of halogens is 2. The maximum atomic E-state index is 9.39. The zero-order valence-electron chi connectivity index (χ0n) is 11.0. The first-order valence-corrected chi connectivity index (χ1v) is 8.05. The molecule has 0 unspecified atom stereocenters. The molecule has 0 spiro atoms. The second-order valence-corrected chi connectivity index (χ2v) is 6.88. The minimum absolute atomic E-state index is 0.112. The lowest BCUT2D eigenvalue weighted by atomic mass is 9.90. The van der Waals surface area contributed by atoms with E-state index in [1.165, 1.54) is 11.8 Å². The summed E-state index contributed by atoms with van der Waals surface area (Å²) in [5, 5.41) is 18.2. The van der Waals surface area contributed by atoms with Gasteiger partial charge in [-0.1, -0.05) is 35.0 Å². The molecule has 1 aliphatic rings. The van der Waals surface area contributed by atoms with Crippen molar-refractivity contribution < 1.29 is 9.84 Å². The van der Waals surface area contributed by atoms with Crippen molar-refractivity contribution in [3.63, 3.8) is 0 Å². The molecule has 0 bridgehead atoms. The molecule has 3 rings (SSSR count). The van der Waals surface area contributed by atoms with E-state index in [1.807, 2.05) is 0 Å². The van der Waals surface area contributed by atoms with Crippen LogP contribution in [0.25, 0.3) is 11.4 Å². The Morgan fingerprint density at radius 1 is 1.29 bits per heavy atom. The summed E-state index contributed by atoms with van der Waals surface area (Å²) in [6.07, 6.45) is 0. The van der Waals surface area contributed by atoms with Crippen LogP contribution >= 0.6 is 35.0 Å². The predicted molar refractivity (Wildman–Crippen MR) is 82.9 cm³/mol. The van der Waals surface area contributed by atoms with Gasteiger partial charge >= 0.3 is 0 Å². The van der Waals surface area contributed by atoms with Crippen molar-refractivity contribution in [3.05, 3.63) is 28.2 Å². The van der Waals surface area contributed by atoms with Crippen molar-refractivity contribution in [1.29, 1.82) is 0 Å². The highest BCUT2D eigenvalue weighted by molar-refractivity contribution is 7.99. The van der Waals surface area contributed by atoms with E-state index < -0.39 is 0 Å². The molecule has 0 aliphatic carbocycles. The van der Waals surface area contributed by atoms with Crippen molar-refractivity contribution in [2.45, 2.75) is 5.16 Å². The van der Waals surface area contributed by atoms with Gasteiger partial charge in [-0.2, -0.15) is 0 Å². The van der Waals surface area contributed by atoms with E-state index in [1.54, 1.807) is 18.2 Å². The molecule has 1 fully saturated rings. The van der Waals surface area contributed by atoms with E-state index >= 15 is 0 Å². The minimum Gasteiger partial charge on any atom is -0.396 e. The number of thioether (sulfide) groups is 1. The number of aromatic nitrogens is 3. The number of benzene rings is 1. The van der Waals surface area contributed by atoms with Crippen LogP contribution < -0.4 is 0 Å². The summed E-state index contributed by atoms with van der Waals surface area (Å²) in [7, 11) is 0. The maximum absolute atomic E-state index is 9.39. The van der Waals surface area contributed by atoms with Crippen LogP contribution in [0.3, 0.4) is 0 Å². The number of nitrogens with zero attached hydrogens (tertiary/aromatic N) is 2. The molecule has 0 saturated carbocycles. The van der Waals surface area contributed by atoms with Crippen molar-refractivity contribution in [2.24, 2.45) is 5.41 Å². The molecule has 1 aromatic heterocycles. The maximum Gasteiger partial charge on any atom is 0.208 e. The van der Waals surface area contributed by atoms with Crippen LogP contribution in [0.5, 0.6) is 0 Å². The first-order chi connectivity index (χ1) is 10.1. The Morgan fingerprint density at radius 3 is 2.57 bits per heavy atom. The predicted octanol–water partition coefficient (Wildman–Crippen LogP) is 2.88. The molecule has 1 saturated heterocycles. The lowest BCUT2D eigenvalue weighted by Gasteiger charge is -2.39. The first-order valence-electron chi connectivity index (χ1n) is 6.31. The topological polar surface area (TPSA) is 71.0 Å². The fraction of sp³-hybridized carbons (Fsp3) is 0.385. The van der Waals surface area contributed by atoms with Crippen LogP contribution in [0.2, 0.25) is 10.0 Å². The summed E-state index contributed by atoms with van der Waals surface area (Å²) in [4.78, 5) is 4.42. The molecule has 8 heteroatoms. The van der Waals surface area contributed by atoms with Gasteiger partial charge in [-0.25, -0.2) is 4.98 Å². The zero-order valence-corrected chi connectivity index (χ0v) is 13.3. The highest BCUT2D eigenvalue weighted by Crippen LogP contribution is 2.33. The number of hydrogen-bond acceptors (Lipinski definition) is 5. The Labute approximate surface area is 136 Å². The van der Waals surface area contributed by atoms with Crippen LogP contribution in [-0.4, -0.2) is 45.9 Å². The van der Waals surface area contributed by atoms with E-state index in [4.69, 9.17) is 27.9 Å². The van der Waals surface area contributed by atoms with E-state index in [0.29, 0.717) is 34.2 Å². The van der Waals surface area contributed by atoms with E-state index in [-0.39, 0.29) is 12.0 Å². The zero-order chi connectivity index (χ0) is 14.9. The van der Waals surface area contributed by atoms with E-state index in [2.05, 4.69) is 15.2 Å². The second-order valence-electron chi connectivity index (χ2n) is 5.06. The van der Waals surface area contributed by atoms with Gasteiger partial charge in [0.25, 0.3) is 0 Å². The number of nitrogens with one attached hydrogen (secondary N) is 1. The standard InChI is InChI=1S/C13H13Cl2N3O2S/c14-9-1-8(2-10(15)3-9)11-16-12(18-17-11)21-7-13(4-19)5-20-6-13/h1-3,19H,4-7H2,(H,16,17,18). The summed E-state index contributed by atoms with van der Waals surface area (Å²) in [6.45, 7) is 1.27. The number of aliphatic hydroxyl groups excluding tert-OH is 1. The molecule has 1 aromatic carbocycles. The average Bonchev–Trinajstić information content (AvgIpc) is 2.86. The lowest BCUT2D eigenvalue weighted by molar-refractivity contribution is -0.121. The molecular weight excluding hydrogens is 333 g/mol. The van der Waals surface area contributed by atoms with Crippen molar-refractivity contribution >= 4 is 35.0 Å². The van der Waals surface area contributed by atoms with Gasteiger partial charge in [0.2, 0.25) is 5.16 Å². The lowest BCUT2D eigenvalue weighted by Crippen LogP contribution is -2.47. The minimum atomic E-state index is -0.162. The summed E-state index contributed by atoms with van der Waals surface area (Å²) in [6, 6.07) is 5.22. The van der Waals surface area contributed by atoms with E-state index in [0.717, 1.165) is 11.3 Å². The third-order valence-corrected chi connectivity index (χ3v) is 4.89. The molecule has 0 atom stereocenters. The van der Waals surface area contributed by atoms with Gasteiger partial charge in [-0.3, -0.25) is 5.10 Å². The SMILES string of the molecule is OCC1(CSc2n[nH]c(-c3cc(Cl)cc(Cl)c3)n2)COC1. The molecule has 2 N–H and O–H groups in total. The smallest absolute Gasteiger partial charge is 0.208 e. The molecule has 0 radical (unpaired) electrons. The molecular formula is C13H13Cl2N3O2S. The van der Waals surface area contributed by atoms with Crippen molar-refractivity contribution in [3.8, 4) is 11.4 Å². The van der Waals surface area contributed by atoms with Gasteiger partial charge < -0.3 is 9.84 Å². The average molecular weight is 346 g/mol. The van der Waals surface area contributed by atoms with Gasteiger partial charge in [0.1, 0.15) is 0 Å². The Balaban J connectivity index is 1.71. The van der Waals surface area contributed by atoms with Gasteiger partial charge in [-0.05, 0) is 18.2 Å². The molecule has 5 nitrogen and oxygen atoms in total. The molecule has 0 amide bonds. The summed E-state index contributed by atoms with van der Waals surface area (Å²) < 4.78 is 5.17. The fourth-order valence-electron chi connectivity index (χ4n) is 1.96. The molecule has 2 heterocycles. The van der Waals surface area contributed by atoms with Crippen LogP contribution in [-0.2, 0) is 4.74 Å². The highest BCUT2D eigenvalue weighted by Gasteiger charge is 2.38. The van der Waals surface area contributed by atoms with E-state index in [9.17, 15) is 5.11 Å². The summed E-state index contributed by atoms with van der Waals surface area (Å²) in [5.41, 5.74) is 0.626. The third-order valence-electron chi connectivity index (χ3n) is 3.26. The Bertz CT molecular complexity index is 620. The quantitative estimate of drug-likeness (QED) is 0.815. The number of ether oxygens (including phenoxy) is 1. The van der Waals surface area contributed by atoms with Gasteiger partial charge in [-0.15, -0.1) is 5.10 Å². The Hall–Kier alpha value is -0.790. The number of aliphatic hydroxyl groups is 1. The Morgan fingerprint density at radius 2 is 2.00 bits per heavy atom. The fourth-order valence-corrected chi connectivity index (χ4v) is 3.44. The van der Waals surface area contributed by atoms with Crippen LogP contribution in [0, 0.1) is 5.41 Å². The molecule has 2 aromatic rings. The Kier molecular flexibility index (Phi) is 4.42. The summed E-state index contributed by atoms with van der Waals surface area (Å²) >= 11 is 13.5. The molecule has 1 aliphatic heterocycles. The van der Waals surface area contributed by atoms with Crippen LogP contribution in [0.15, 0.2) is 23.4 Å². The van der Waals surface area contributed by atoms with Crippen LogP contribution in [0.1, 0.15) is 0 Å². The number of aromatic amines is 1. The number of rotatable bonds is 5. The third kappa shape index (κ3) is 3.35. The second kappa shape index (κ2) is 6.14.